The van der Waals surface area contributed by atoms with Gasteiger partial charge in [0.2, 0.25) is 0 Å². The average molecular weight is 505 g/mol. The van der Waals surface area contributed by atoms with Gasteiger partial charge in [0.05, 0.1) is 5.02 Å². The minimum atomic E-state index is -1.33. The third-order valence-corrected chi connectivity index (χ3v) is 5.59. The second-order valence-electron chi connectivity index (χ2n) is 7.96. The summed E-state index contributed by atoms with van der Waals surface area (Å²) in [5.41, 5.74) is 0.545. The zero-order chi connectivity index (χ0) is 24.9. The van der Waals surface area contributed by atoms with E-state index in [1.165, 1.54) is 28.9 Å². The summed E-state index contributed by atoms with van der Waals surface area (Å²) >= 11 is 6.35. The van der Waals surface area contributed by atoms with Crippen LogP contribution in [0.3, 0.4) is 0 Å². The Morgan fingerprint density at radius 2 is 1.83 bits per heavy atom. The zero-order valence-electron chi connectivity index (χ0n) is 18.8. The molecule has 2 aromatic carbocycles. The Balaban J connectivity index is 1.59. The molecule has 0 saturated carbocycles. The van der Waals surface area contributed by atoms with Crippen LogP contribution in [0.15, 0.2) is 48.7 Å². The van der Waals surface area contributed by atoms with Crippen LogP contribution in [0, 0.1) is 0 Å². The molecule has 2 amide bonds. The number of ether oxygens (including phenoxy) is 2. The number of rotatable bonds is 9. The number of hydrogen-bond donors (Lipinski definition) is 1. The van der Waals surface area contributed by atoms with Crippen molar-refractivity contribution in [3.63, 3.8) is 0 Å². The van der Waals surface area contributed by atoms with Crippen LogP contribution >= 0.6 is 11.6 Å². The Labute approximate surface area is 205 Å². The van der Waals surface area contributed by atoms with E-state index in [1.807, 2.05) is 0 Å². The van der Waals surface area contributed by atoms with E-state index in [4.69, 9.17) is 21.1 Å². The summed E-state index contributed by atoms with van der Waals surface area (Å²) in [6.45, 7) is -0.669. The van der Waals surface area contributed by atoms with Gasteiger partial charge in [0.25, 0.3) is 11.8 Å². The molecule has 1 aromatic heterocycles. The number of nitrogens with zero attached hydrogens (tertiary/aromatic N) is 3. The monoisotopic (exact) mass is 504 g/mol. The molecule has 3 aromatic rings. The SMILES string of the molecule is Cn1ccc(NC(=O)c2cc(Oc3ccc(C(=O)N4CCC4)cc3Cl)cc(OC(CF)CF)c2)n1. The number of aromatic nitrogens is 2. The maximum Gasteiger partial charge on any atom is 0.257 e. The second-order valence-corrected chi connectivity index (χ2v) is 8.37. The molecule has 2 heterocycles. The minimum Gasteiger partial charge on any atom is -0.485 e. The van der Waals surface area contributed by atoms with Gasteiger partial charge in [-0.3, -0.25) is 14.3 Å². The number of amides is 2. The molecular weight excluding hydrogens is 482 g/mol. The van der Waals surface area contributed by atoms with E-state index in [9.17, 15) is 18.4 Å². The molecule has 8 nitrogen and oxygen atoms in total. The molecule has 1 aliphatic heterocycles. The quantitative estimate of drug-likeness (QED) is 0.458. The molecule has 0 aliphatic carbocycles. The van der Waals surface area contributed by atoms with Gasteiger partial charge in [-0.1, -0.05) is 11.6 Å². The van der Waals surface area contributed by atoms with E-state index < -0.39 is 25.4 Å². The van der Waals surface area contributed by atoms with Crippen molar-refractivity contribution in [1.82, 2.24) is 14.7 Å². The number of carbonyl (C=O) groups excluding carboxylic acids is 2. The van der Waals surface area contributed by atoms with Crippen molar-refractivity contribution < 1.29 is 27.8 Å². The molecular formula is C24H23ClF2N4O4. The summed E-state index contributed by atoms with van der Waals surface area (Å²) in [6.07, 6.45) is 1.31. The number of nitrogens with one attached hydrogen (secondary N) is 1. The van der Waals surface area contributed by atoms with Crippen molar-refractivity contribution in [3.8, 4) is 17.2 Å². The minimum absolute atomic E-state index is 0.0367. The fourth-order valence-corrected chi connectivity index (χ4v) is 3.56. The lowest BCUT2D eigenvalue weighted by Crippen LogP contribution is -2.41. The first-order chi connectivity index (χ1) is 16.9. The van der Waals surface area contributed by atoms with Gasteiger partial charge in [0.1, 0.15) is 30.6 Å². The van der Waals surface area contributed by atoms with Gasteiger partial charge in [-0.05, 0) is 36.8 Å². The lowest BCUT2D eigenvalue weighted by Gasteiger charge is -2.31. The van der Waals surface area contributed by atoms with Crippen LogP contribution < -0.4 is 14.8 Å². The Bertz CT molecular complexity index is 1230. The van der Waals surface area contributed by atoms with Crippen LogP contribution in [-0.4, -0.2) is 59.0 Å². The lowest BCUT2D eigenvalue weighted by atomic mass is 10.1. The highest BCUT2D eigenvalue weighted by atomic mass is 35.5. The average Bonchev–Trinajstić information content (AvgIpc) is 3.21. The van der Waals surface area contributed by atoms with Crippen molar-refractivity contribution in [3.05, 3.63) is 64.8 Å². The van der Waals surface area contributed by atoms with Crippen molar-refractivity contribution in [2.24, 2.45) is 7.05 Å². The van der Waals surface area contributed by atoms with Crippen molar-refractivity contribution >= 4 is 29.2 Å². The van der Waals surface area contributed by atoms with Gasteiger partial charge in [-0.2, -0.15) is 5.10 Å². The molecule has 1 aliphatic rings. The highest BCUT2D eigenvalue weighted by molar-refractivity contribution is 6.32. The summed E-state index contributed by atoms with van der Waals surface area (Å²) in [4.78, 5) is 26.9. The van der Waals surface area contributed by atoms with Crippen molar-refractivity contribution in [2.75, 3.05) is 31.8 Å². The summed E-state index contributed by atoms with van der Waals surface area (Å²) in [5, 5.41) is 6.92. The summed E-state index contributed by atoms with van der Waals surface area (Å²) in [7, 11) is 1.70. The Morgan fingerprint density at radius 3 is 2.43 bits per heavy atom. The van der Waals surface area contributed by atoms with Crippen molar-refractivity contribution in [2.45, 2.75) is 12.5 Å². The predicted molar refractivity (Wildman–Crippen MR) is 126 cm³/mol. The highest BCUT2D eigenvalue weighted by Gasteiger charge is 2.22. The largest absolute Gasteiger partial charge is 0.485 e. The number of aryl methyl sites for hydroxylation is 1. The molecule has 0 atom stereocenters. The maximum absolute atomic E-state index is 13.0. The third kappa shape index (κ3) is 5.89. The highest BCUT2D eigenvalue weighted by Crippen LogP contribution is 2.33. The van der Waals surface area contributed by atoms with E-state index in [-0.39, 0.29) is 33.7 Å². The molecule has 0 spiro atoms. The zero-order valence-corrected chi connectivity index (χ0v) is 19.6. The normalized spacial score (nSPS) is 12.9. The van der Waals surface area contributed by atoms with E-state index in [2.05, 4.69) is 10.4 Å². The third-order valence-electron chi connectivity index (χ3n) is 5.29. The smallest absolute Gasteiger partial charge is 0.257 e. The van der Waals surface area contributed by atoms with E-state index >= 15 is 0 Å². The Hall–Kier alpha value is -3.66. The summed E-state index contributed by atoms with van der Waals surface area (Å²) < 4.78 is 38.8. The first-order valence-electron chi connectivity index (χ1n) is 10.9. The fraction of sp³-hybridized carbons (Fsp3) is 0.292. The van der Waals surface area contributed by atoms with Crippen LogP contribution in [-0.2, 0) is 7.05 Å². The van der Waals surface area contributed by atoms with Gasteiger partial charge >= 0.3 is 0 Å². The van der Waals surface area contributed by atoms with Crippen LogP contribution in [0.2, 0.25) is 5.02 Å². The number of halogens is 3. The van der Waals surface area contributed by atoms with Gasteiger partial charge < -0.3 is 19.7 Å². The van der Waals surface area contributed by atoms with Gasteiger partial charge in [0.15, 0.2) is 11.9 Å². The number of alkyl halides is 2. The molecule has 4 rings (SSSR count). The second kappa shape index (κ2) is 10.7. The summed E-state index contributed by atoms with van der Waals surface area (Å²) in [6, 6.07) is 10.4. The van der Waals surface area contributed by atoms with Crippen molar-refractivity contribution in [1.29, 1.82) is 0 Å². The molecule has 1 N–H and O–H groups in total. The number of carbonyl (C=O) groups is 2. The molecule has 11 heteroatoms. The molecule has 184 valence electrons. The molecule has 1 fully saturated rings. The lowest BCUT2D eigenvalue weighted by molar-refractivity contribution is 0.0651. The number of hydrogen-bond acceptors (Lipinski definition) is 5. The molecule has 0 unspecified atom stereocenters. The number of anilines is 1. The van der Waals surface area contributed by atoms with E-state index in [0.717, 1.165) is 6.42 Å². The number of likely N-dealkylation sites (tertiary alicyclic amines) is 1. The van der Waals surface area contributed by atoms with Crippen LogP contribution in [0.4, 0.5) is 14.6 Å². The topological polar surface area (TPSA) is 85.7 Å². The van der Waals surface area contributed by atoms with E-state index in [0.29, 0.717) is 24.5 Å². The molecule has 1 saturated heterocycles. The Kier molecular flexibility index (Phi) is 7.50. The van der Waals surface area contributed by atoms with Gasteiger partial charge in [0, 0.05) is 49.6 Å². The molecule has 35 heavy (non-hydrogen) atoms. The molecule has 0 bridgehead atoms. The number of benzene rings is 2. The first-order valence-corrected chi connectivity index (χ1v) is 11.3. The van der Waals surface area contributed by atoms with Gasteiger partial charge in [-0.15, -0.1) is 0 Å². The van der Waals surface area contributed by atoms with Crippen LogP contribution in [0.1, 0.15) is 27.1 Å². The maximum atomic E-state index is 13.0. The standard InChI is InChI=1S/C24H23ClF2N4O4/c1-30-8-5-22(29-30)28-23(32)16-9-17(34-19(13-26)14-27)12-18(10-16)35-21-4-3-15(11-20(21)25)24(33)31-6-2-7-31/h3-5,8-12,19H,2,6-7,13-14H2,1H3,(H,28,29,32). The van der Waals surface area contributed by atoms with Gasteiger partial charge in [-0.25, -0.2) is 8.78 Å². The Morgan fingerprint density at radius 1 is 1.09 bits per heavy atom. The van der Waals surface area contributed by atoms with E-state index in [1.54, 1.807) is 36.3 Å². The molecule has 0 radical (unpaired) electrons. The first kappa shape index (κ1) is 24.5. The van der Waals surface area contributed by atoms with Crippen LogP contribution in [0.25, 0.3) is 0 Å². The summed E-state index contributed by atoms with van der Waals surface area (Å²) in [5.74, 6) is 0.0907. The fourth-order valence-electron chi connectivity index (χ4n) is 3.34. The predicted octanol–water partition coefficient (Wildman–Crippen LogP) is 4.65. The van der Waals surface area contributed by atoms with Crippen LogP contribution in [0.5, 0.6) is 17.2 Å².